The topological polar surface area (TPSA) is 214 Å². The molecule has 0 saturated heterocycles. The Morgan fingerprint density at radius 2 is 1.43 bits per heavy atom. The van der Waals surface area contributed by atoms with Crippen LogP contribution >= 0.6 is 0 Å². The third-order valence-electron chi connectivity index (χ3n) is 5.61. The summed E-state index contributed by atoms with van der Waals surface area (Å²) in [6, 6.07) is 1.84. The maximum atomic E-state index is 13.1. The quantitative estimate of drug-likeness (QED) is 0.163. The van der Waals surface area contributed by atoms with E-state index in [9.17, 15) is 34.2 Å². The Morgan fingerprint density at radius 3 is 1.92 bits per heavy atom. The van der Waals surface area contributed by atoms with Gasteiger partial charge in [-0.3, -0.25) is 19.2 Å². The molecule has 12 nitrogen and oxygen atoms in total. The summed E-state index contributed by atoms with van der Waals surface area (Å²) in [7, 11) is 0. The van der Waals surface area contributed by atoms with Gasteiger partial charge in [-0.2, -0.15) is 0 Å². The number of carboxylic acids is 1. The molecule has 1 rings (SSSR count). The fourth-order valence-electron chi connectivity index (χ4n) is 3.55. The molecule has 1 aromatic carbocycles. The molecule has 0 heterocycles. The average Bonchev–Trinajstić information content (AvgIpc) is 2.79. The minimum absolute atomic E-state index is 0.0147. The van der Waals surface area contributed by atoms with Crippen molar-refractivity contribution in [3.05, 3.63) is 29.8 Å². The van der Waals surface area contributed by atoms with Crippen LogP contribution in [0.25, 0.3) is 0 Å². The van der Waals surface area contributed by atoms with Gasteiger partial charge in [0.05, 0.1) is 6.04 Å². The fraction of sp³-hybridized carbons (Fsp3) is 0.560. The van der Waals surface area contributed by atoms with E-state index in [2.05, 4.69) is 16.0 Å². The van der Waals surface area contributed by atoms with E-state index in [4.69, 9.17) is 11.5 Å². The van der Waals surface area contributed by atoms with E-state index in [1.807, 2.05) is 13.8 Å². The van der Waals surface area contributed by atoms with E-state index in [0.717, 1.165) is 5.56 Å². The summed E-state index contributed by atoms with van der Waals surface area (Å²) in [5, 5.41) is 26.4. The number of amides is 4. The number of hydrogen-bond acceptors (Lipinski definition) is 7. The largest absolute Gasteiger partial charge is 0.508 e. The van der Waals surface area contributed by atoms with Gasteiger partial charge in [0.15, 0.2) is 0 Å². The molecule has 12 heteroatoms. The number of benzene rings is 1. The molecule has 9 N–H and O–H groups in total. The lowest BCUT2D eigenvalue weighted by Gasteiger charge is -2.27. The van der Waals surface area contributed by atoms with Crippen LogP contribution in [0.4, 0.5) is 0 Å². The minimum atomic E-state index is -1.36. The van der Waals surface area contributed by atoms with Crippen LogP contribution in [0.2, 0.25) is 0 Å². The number of nitrogens with one attached hydrogen (secondary N) is 3. The van der Waals surface area contributed by atoms with Gasteiger partial charge in [-0.15, -0.1) is 0 Å². The SMILES string of the molecule is CC(C)CC(NC(=O)C(N)Cc1ccc(O)cc1)C(=O)NC(C(=O)NC(CCC(N)=O)C(=O)O)C(C)C. The highest BCUT2D eigenvalue weighted by molar-refractivity contribution is 5.94. The number of carboxylic acid groups (broad SMARTS) is 1. The van der Waals surface area contributed by atoms with Crippen LogP contribution in [0.5, 0.6) is 5.75 Å². The summed E-state index contributed by atoms with van der Waals surface area (Å²) in [5.74, 6) is -4.27. The lowest BCUT2D eigenvalue weighted by atomic mass is 9.98. The molecule has 4 atom stereocenters. The van der Waals surface area contributed by atoms with Gasteiger partial charge in [-0.25, -0.2) is 4.79 Å². The number of aliphatic carboxylic acids is 1. The summed E-state index contributed by atoms with van der Waals surface area (Å²) >= 11 is 0. The zero-order valence-electron chi connectivity index (χ0n) is 21.7. The summed E-state index contributed by atoms with van der Waals surface area (Å²) in [5.41, 5.74) is 11.8. The first-order valence-electron chi connectivity index (χ1n) is 12.2. The molecule has 0 aromatic heterocycles. The molecule has 0 aliphatic carbocycles. The van der Waals surface area contributed by atoms with Crippen molar-refractivity contribution >= 4 is 29.6 Å². The Balaban J connectivity index is 2.92. The van der Waals surface area contributed by atoms with Gasteiger partial charge < -0.3 is 37.6 Å². The van der Waals surface area contributed by atoms with Crippen LogP contribution in [-0.2, 0) is 30.4 Å². The summed E-state index contributed by atoms with van der Waals surface area (Å²) < 4.78 is 0. The van der Waals surface area contributed by atoms with Crippen molar-refractivity contribution < 1.29 is 34.2 Å². The predicted molar refractivity (Wildman–Crippen MR) is 136 cm³/mol. The highest BCUT2D eigenvalue weighted by atomic mass is 16.4. The van der Waals surface area contributed by atoms with Crippen LogP contribution in [-0.4, -0.2) is 64.0 Å². The minimum Gasteiger partial charge on any atom is -0.508 e. The number of carbonyl (C=O) groups is 5. The average molecular weight is 522 g/mol. The third-order valence-corrected chi connectivity index (χ3v) is 5.61. The number of primary amides is 1. The standard InChI is InChI=1S/C25H39N5O7/c1-13(2)11-19(29-22(33)17(26)12-15-5-7-16(31)8-6-15)23(34)30-21(14(3)4)24(35)28-18(25(36)37)9-10-20(27)32/h5-8,13-14,17-19,21,31H,9-12,26H2,1-4H3,(H2,27,32)(H,28,35)(H,29,33)(H,30,34)(H,36,37). The van der Waals surface area contributed by atoms with Crippen LogP contribution in [0.15, 0.2) is 24.3 Å². The predicted octanol–water partition coefficient (Wildman–Crippen LogP) is -0.231. The number of carbonyl (C=O) groups excluding carboxylic acids is 4. The monoisotopic (exact) mass is 521 g/mol. The second kappa shape index (κ2) is 14.8. The third kappa shape index (κ3) is 11.3. The van der Waals surface area contributed by atoms with Crippen LogP contribution in [0.1, 0.15) is 52.5 Å². The number of phenols is 1. The van der Waals surface area contributed by atoms with Crippen molar-refractivity contribution in [2.75, 3.05) is 0 Å². The molecule has 0 radical (unpaired) electrons. The summed E-state index contributed by atoms with van der Waals surface area (Å²) in [6.07, 6.45) is 0.0241. The Bertz CT molecular complexity index is 949. The van der Waals surface area contributed by atoms with Crippen molar-refractivity contribution in [3.8, 4) is 5.75 Å². The molecular formula is C25H39N5O7. The number of rotatable bonds is 15. The highest BCUT2D eigenvalue weighted by Crippen LogP contribution is 2.12. The van der Waals surface area contributed by atoms with Crippen LogP contribution in [0.3, 0.4) is 0 Å². The molecule has 206 valence electrons. The Kier molecular flexibility index (Phi) is 12.5. The summed E-state index contributed by atoms with van der Waals surface area (Å²) in [4.78, 5) is 61.3. The second-order valence-corrected chi connectivity index (χ2v) is 9.80. The lowest BCUT2D eigenvalue weighted by Crippen LogP contribution is -2.58. The Hall–Kier alpha value is -3.67. The molecule has 0 bridgehead atoms. The fourth-order valence-corrected chi connectivity index (χ4v) is 3.55. The molecule has 0 spiro atoms. The van der Waals surface area contributed by atoms with Gasteiger partial charge in [0.25, 0.3) is 0 Å². The molecule has 4 amide bonds. The molecule has 4 unspecified atom stereocenters. The zero-order chi connectivity index (χ0) is 28.3. The summed E-state index contributed by atoms with van der Waals surface area (Å²) in [6.45, 7) is 7.08. The van der Waals surface area contributed by atoms with Crippen LogP contribution < -0.4 is 27.4 Å². The van der Waals surface area contributed by atoms with Gasteiger partial charge >= 0.3 is 5.97 Å². The first kappa shape index (κ1) is 31.4. The molecule has 0 aliphatic heterocycles. The smallest absolute Gasteiger partial charge is 0.326 e. The van der Waals surface area contributed by atoms with E-state index in [-0.39, 0.29) is 37.4 Å². The molecule has 0 fully saturated rings. The van der Waals surface area contributed by atoms with Gasteiger partial charge in [0.2, 0.25) is 23.6 Å². The van der Waals surface area contributed by atoms with Gasteiger partial charge in [0, 0.05) is 6.42 Å². The van der Waals surface area contributed by atoms with Crippen LogP contribution in [0, 0.1) is 11.8 Å². The maximum Gasteiger partial charge on any atom is 0.326 e. The lowest BCUT2D eigenvalue weighted by molar-refractivity contribution is -0.143. The second-order valence-electron chi connectivity index (χ2n) is 9.80. The van der Waals surface area contributed by atoms with Gasteiger partial charge in [-0.05, 0) is 48.8 Å². The van der Waals surface area contributed by atoms with E-state index < -0.39 is 59.7 Å². The van der Waals surface area contributed by atoms with E-state index in [1.54, 1.807) is 26.0 Å². The van der Waals surface area contributed by atoms with Crippen molar-refractivity contribution in [3.63, 3.8) is 0 Å². The van der Waals surface area contributed by atoms with Crippen molar-refractivity contribution in [1.82, 2.24) is 16.0 Å². The normalized spacial score (nSPS) is 14.4. The van der Waals surface area contributed by atoms with Gasteiger partial charge in [0.1, 0.15) is 23.9 Å². The highest BCUT2D eigenvalue weighted by Gasteiger charge is 2.32. The number of aromatic hydroxyl groups is 1. The molecule has 1 aromatic rings. The van der Waals surface area contributed by atoms with E-state index in [0.29, 0.717) is 0 Å². The zero-order valence-corrected chi connectivity index (χ0v) is 21.7. The Morgan fingerprint density at radius 1 is 0.865 bits per heavy atom. The van der Waals surface area contributed by atoms with E-state index in [1.165, 1.54) is 12.1 Å². The van der Waals surface area contributed by atoms with Gasteiger partial charge in [-0.1, -0.05) is 39.8 Å². The van der Waals surface area contributed by atoms with Crippen molar-refractivity contribution in [2.45, 2.75) is 77.5 Å². The van der Waals surface area contributed by atoms with E-state index >= 15 is 0 Å². The number of hydrogen-bond donors (Lipinski definition) is 7. The molecular weight excluding hydrogens is 482 g/mol. The molecule has 0 aliphatic rings. The van der Waals surface area contributed by atoms with Crippen molar-refractivity contribution in [1.29, 1.82) is 0 Å². The maximum absolute atomic E-state index is 13.1. The number of phenolic OH excluding ortho intramolecular Hbond substituents is 1. The van der Waals surface area contributed by atoms with Crippen molar-refractivity contribution in [2.24, 2.45) is 23.3 Å². The Labute approximate surface area is 216 Å². The first-order valence-corrected chi connectivity index (χ1v) is 12.2. The molecule has 0 saturated carbocycles. The first-order chi connectivity index (χ1) is 17.2. The molecule has 37 heavy (non-hydrogen) atoms. The number of nitrogens with two attached hydrogens (primary N) is 2.